The van der Waals surface area contributed by atoms with Crippen molar-refractivity contribution in [3.63, 3.8) is 0 Å². The summed E-state index contributed by atoms with van der Waals surface area (Å²) >= 11 is 0. The predicted octanol–water partition coefficient (Wildman–Crippen LogP) is -0.761. The van der Waals surface area contributed by atoms with Gasteiger partial charge in [0.05, 0.1) is 14.4 Å². The van der Waals surface area contributed by atoms with E-state index in [1.54, 1.807) is 6.92 Å². The second-order valence-corrected chi connectivity index (χ2v) is 2.43. The minimum Gasteiger partial charge on any atom is -0.790 e. The fourth-order valence-electron chi connectivity index (χ4n) is 0.203. The minimum atomic E-state index is -4.68. The molecule has 0 aromatic heterocycles. The molecule has 0 bridgehead atoms. The molecule has 0 atom stereocenters. The number of hydrogen-bond donors (Lipinski definition) is 0. The summed E-state index contributed by atoms with van der Waals surface area (Å²) in [6.45, 7) is 1.71. The zero-order chi connectivity index (χ0) is 6.62. The van der Waals surface area contributed by atoms with E-state index in [0.717, 1.165) is 0 Å². The molecule has 0 aliphatic carbocycles. The Balaban J connectivity index is 0. The van der Waals surface area contributed by atoms with Crippen molar-refractivity contribution in [1.29, 1.82) is 0 Å². The molecule has 4 nitrogen and oxygen atoms in total. The molecule has 0 spiro atoms. The maximum absolute atomic E-state index is 9.64. The second kappa shape index (κ2) is 5.39. The minimum absolute atomic E-state index is 0. The zero-order valence-electron chi connectivity index (χ0n) is 4.81. The smallest absolute Gasteiger partial charge is 0.790 e. The van der Waals surface area contributed by atoms with Crippen LogP contribution >= 0.6 is 7.82 Å². The fraction of sp³-hybridized carbons (Fsp3) is 1.00. The van der Waals surface area contributed by atoms with Gasteiger partial charge in [-0.05, 0) is 6.42 Å². The van der Waals surface area contributed by atoms with E-state index in [0.29, 0.717) is 6.42 Å². The van der Waals surface area contributed by atoms with Gasteiger partial charge in [0.15, 0.2) is 0 Å². The van der Waals surface area contributed by atoms with E-state index in [1.807, 2.05) is 0 Å². The van der Waals surface area contributed by atoms with E-state index in [9.17, 15) is 14.4 Å². The Morgan fingerprint density at radius 1 is 1.56 bits per heavy atom. The first-order valence-electron chi connectivity index (χ1n) is 2.23. The van der Waals surface area contributed by atoms with Crippen molar-refractivity contribution in [2.75, 3.05) is 6.61 Å². The molecule has 0 aromatic carbocycles. The van der Waals surface area contributed by atoms with Crippen molar-refractivity contribution in [2.45, 2.75) is 13.3 Å². The average molecular weight is 197 g/mol. The summed E-state index contributed by atoms with van der Waals surface area (Å²) in [7, 11) is -4.68. The van der Waals surface area contributed by atoms with Gasteiger partial charge in [-0.25, -0.2) is 0 Å². The molecule has 0 aromatic rings. The van der Waals surface area contributed by atoms with Crippen LogP contribution in [0.3, 0.4) is 0 Å². The molecule has 9 heavy (non-hydrogen) atoms. The number of phosphoric acid groups is 1. The molecule has 0 unspecified atom stereocenters. The largest absolute Gasteiger partial charge is 2.00 e. The molecule has 0 rings (SSSR count). The Bertz CT molecular complexity index is 100.0. The first-order valence-corrected chi connectivity index (χ1v) is 3.69. The molecule has 0 saturated heterocycles. The first kappa shape index (κ1) is 12.3. The third-order valence-corrected chi connectivity index (χ3v) is 0.952. The van der Waals surface area contributed by atoms with Gasteiger partial charge in [-0.1, -0.05) is 6.92 Å². The Hall–Kier alpha value is 0.604. The van der Waals surface area contributed by atoms with Gasteiger partial charge in [-0.15, -0.1) is 0 Å². The summed E-state index contributed by atoms with van der Waals surface area (Å²) in [6, 6.07) is 0. The molecule has 0 radical (unpaired) electrons. The van der Waals surface area contributed by atoms with Crippen molar-refractivity contribution >= 4 is 7.82 Å². The van der Waals surface area contributed by atoms with Crippen LogP contribution in [0.1, 0.15) is 13.3 Å². The van der Waals surface area contributed by atoms with Crippen LogP contribution in [-0.2, 0) is 25.6 Å². The average Bonchev–Trinajstić information content (AvgIpc) is 1.59. The van der Waals surface area contributed by atoms with E-state index < -0.39 is 7.82 Å². The predicted molar refractivity (Wildman–Crippen MR) is 23.8 cm³/mol. The molecular weight excluding hydrogens is 190 g/mol. The third kappa shape index (κ3) is 11.9. The van der Waals surface area contributed by atoms with Crippen molar-refractivity contribution in [1.82, 2.24) is 0 Å². The number of rotatable bonds is 3. The van der Waals surface area contributed by atoms with E-state index in [1.165, 1.54) is 0 Å². The van der Waals surface area contributed by atoms with Crippen molar-refractivity contribution in [3.05, 3.63) is 0 Å². The standard InChI is InChI=1S/C3H9O4P.Ni/c1-2-3-7-8(4,5)6;/h2-3H2,1H3,(H2,4,5,6);/q;+2/p-2. The van der Waals surface area contributed by atoms with E-state index in [4.69, 9.17) is 0 Å². The van der Waals surface area contributed by atoms with Crippen LogP contribution < -0.4 is 9.79 Å². The van der Waals surface area contributed by atoms with Gasteiger partial charge in [-0.2, -0.15) is 0 Å². The van der Waals surface area contributed by atoms with Crippen LogP contribution in [0.2, 0.25) is 0 Å². The van der Waals surface area contributed by atoms with Gasteiger partial charge < -0.3 is 18.9 Å². The van der Waals surface area contributed by atoms with Gasteiger partial charge in [0.1, 0.15) is 0 Å². The molecule has 0 fully saturated rings. The van der Waals surface area contributed by atoms with E-state index >= 15 is 0 Å². The maximum Gasteiger partial charge on any atom is 2.00 e. The summed E-state index contributed by atoms with van der Waals surface area (Å²) in [5, 5.41) is 0. The van der Waals surface area contributed by atoms with Crippen LogP contribution in [-0.4, -0.2) is 6.61 Å². The quantitative estimate of drug-likeness (QED) is 0.440. The summed E-state index contributed by atoms with van der Waals surface area (Å²) in [5.74, 6) is 0. The molecular formula is C3H7NiO4P. The zero-order valence-corrected chi connectivity index (χ0v) is 6.69. The van der Waals surface area contributed by atoms with E-state index in [2.05, 4.69) is 4.52 Å². The van der Waals surface area contributed by atoms with Crippen molar-refractivity contribution < 1.29 is 35.4 Å². The molecule has 6 heteroatoms. The van der Waals surface area contributed by atoms with Crippen LogP contribution in [0.25, 0.3) is 0 Å². The monoisotopic (exact) mass is 196 g/mol. The van der Waals surface area contributed by atoms with Crippen LogP contribution in [0.5, 0.6) is 0 Å². The van der Waals surface area contributed by atoms with Gasteiger partial charge in [0.25, 0.3) is 0 Å². The topological polar surface area (TPSA) is 72.4 Å². The fourth-order valence-corrected chi connectivity index (χ4v) is 0.609. The van der Waals surface area contributed by atoms with E-state index in [-0.39, 0.29) is 23.1 Å². The Labute approximate surface area is 63.8 Å². The molecule has 0 saturated carbocycles. The Kier molecular flexibility index (Phi) is 7.37. The SMILES string of the molecule is CCCOP(=O)([O-])[O-].[Ni+2]. The molecule has 0 amide bonds. The van der Waals surface area contributed by atoms with Crippen molar-refractivity contribution in [2.24, 2.45) is 0 Å². The van der Waals surface area contributed by atoms with Gasteiger partial charge in [-0.3, -0.25) is 0 Å². The summed E-state index contributed by atoms with van der Waals surface area (Å²) < 4.78 is 13.5. The van der Waals surface area contributed by atoms with Gasteiger partial charge in [0, 0.05) is 0 Å². The maximum atomic E-state index is 9.64. The summed E-state index contributed by atoms with van der Waals surface area (Å²) in [4.78, 5) is 19.3. The van der Waals surface area contributed by atoms with Gasteiger partial charge in [0.2, 0.25) is 0 Å². The Morgan fingerprint density at radius 3 is 2.11 bits per heavy atom. The first-order chi connectivity index (χ1) is 3.56. The normalized spacial score (nSPS) is 10.6. The molecule has 0 aliphatic rings. The summed E-state index contributed by atoms with van der Waals surface area (Å²) in [5.41, 5.74) is 0. The molecule has 58 valence electrons. The molecule has 0 aliphatic heterocycles. The second-order valence-electron chi connectivity index (χ2n) is 1.28. The number of hydrogen-bond acceptors (Lipinski definition) is 4. The van der Waals surface area contributed by atoms with Crippen LogP contribution in [0, 0.1) is 0 Å². The van der Waals surface area contributed by atoms with Crippen LogP contribution in [0.15, 0.2) is 0 Å². The van der Waals surface area contributed by atoms with Gasteiger partial charge >= 0.3 is 16.5 Å². The summed E-state index contributed by atoms with van der Waals surface area (Å²) in [6.07, 6.45) is 0.536. The van der Waals surface area contributed by atoms with Crippen LogP contribution in [0.4, 0.5) is 0 Å². The molecule has 0 heterocycles. The Morgan fingerprint density at radius 2 is 2.00 bits per heavy atom. The molecule has 0 N–H and O–H groups in total. The van der Waals surface area contributed by atoms with Crippen molar-refractivity contribution in [3.8, 4) is 0 Å². The number of phosphoric ester groups is 1. The third-order valence-electron chi connectivity index (χ3n) is 0.454.